The van der Waals surface area contributed by atoms with Crippen LogP contribution in [0.15, 0.2) is 54.6 Å². The van der Waals surface area contributed by atoms with E-state index >= 15 is 0 Å². The predicted octanol–water partition coefficient (Wildman–Crippen LogP) is 4.24. The van der Waals surface area contributed by atoms with Crippen LogP contribution in [0, 0.1) is 11.3 Å². The van der Waals surface area contributed by atoms with E-state index in [0.717, 1.165) is 42.9 Å². The van der Waals surface area contributed by atoms with Crippen LogP contribution in [0.25, 0.3) is 5.57 Å². The molecule has 1 aliphatic rings. The number of esters is 1. The van der Waals surface area contributed by atoms with Gasteiger partial charge in [-0.25, -0.2) is 4.79 Å². The summed E-state index contributed by atoms with van der Waals surface area (Å²) in [5.41, 5.74) is 4.14. The summed E-state index contributed by atoms with van der Waals surface area (Å²) < 4.78 is 16.6. The summed E-state index contributed by atoms with van der Waals surface area (Å²) in [4.78, 5) is 14.4. The van der Waals surface area contributed by atoms with Gasteiger partial charge in [0.1, 0.15) is 12.4 Å². The van der Waals surface area contributed by atoms with Gasteiger partial charge in [-0.3, -0.25) is 4.90 Å². The smallest absolute Gasteiger partial charge is 0.335 e. The second-order valence-corrected chi connectivity index (χ2v) is 7.87. The first-order valence-electron chi connectivity index (χ1n) is 11.5. The fraction of sp³-hybridized carbons (Fsp3) is 0.407. The van der Waals surface area contributed by atoms with E-state index in [0.29, 0.717) is 31.8 Å². The van der Waals surface area contributed by atoms with Crippen molar-refractivity contribution >= 4 is 11.5 Å². The quantitative estimate of drug-likeness (QED) is 0.479. The Hall–Kier alpha value is -3.14. The molecule has 0 saturated carbocycles. The van der Waals surface area contributed by atoms with Gasteiger partial charge in [-0.1, -0.05) is 30.3 Å². The summed E-state index contributed by atoms with van der Waals surface area (Å²) in [7, 11) is 0. The summed E-state index contributed by atoms with van der Waals surface area (Å²) in [6, 6.07) is 17.8. The number of carbonyl (C=O) groups is 1. The van der Waals surface area contributed by atoms with Crippen molar-refractivity contribution in [3.8, 4) is 11.8 Å². The highest BCUT2D eigenvalue weighted by atomic mass is 16.6. The molecule has 33 heavy (non-hydrogen) atoms. The Bertz CT molecular complexity index is 978. The molecular weight excluding hydrogens is 416 g/mol. The van der Waals surface area contributed by atoms with E-state index in [2.05, 4.69) is 23.1 Å². The van der Waals surface area contributed by atoms with Crippen LogP contribution in [0.2, 0.25) is 0 Å². The van der Waals surface area contributed by atoms with Crippen molar-refractivity contribution in [3.63, 3.8) is 0 Å². The molecule has 0 aliphatic carbocycles. The van der Waals surface area contributed by atoms with Crippen LogP contribution in [0.5, 0.6) is 5.75 Å². The van der Waals surface area contributed by atoms with E-state index in [1.807, 2.05) is 49.4 Å². The molecule has 6 nitrogen and oxygen atoms in total. The van der Waals surface area contributed by atoms with Gasteiger partial charge in [0, 0.05) is 32.7 Å². The minimum atomic E-state index is -0.582. The van der Waals surface area contributed by atoms with Gasteiger partial charge in [-0.2, -0.15) is 5.26 Å². The van der Waals surface area contributed by atoms with Crippen molar-refractivity contribution in [2.75, 3.05) is 39.5 Å². The molecule has 0 spiro atoms. The highest BCUT2D eigenvalue weighted by molar-refractivity contribution is 5.75. The molecule has 0 aromatic heterocycles. The lowest BCUT2D eigenvalue weighted by Gasteiger charge is -2.26. The number of nitrogens with zero attached hydrogens (tertiary/aromatic N) is 2. The van der Waals surface area contributed by atoms with Crippen LogP contribution in [0.4, 0.5) is 0 Å². The van der Waals surface area contributed by atoms with Gasteiger partial charge in [-0.05, 0) is 61.2 Å². The second-order valence-electron chi connectivity index (χ2n) is 7.87. The third kappa shape index (κ3) is 7.45. The van der Waals surface area contributed by atoms with Crippen molar-refractivity contribution in [2.45, 2.75) is 32.8 Å². The number of nitriles is 1. The first-order chi connectivity index (χ1) is 16.1. The van der Waals surface area contributed by atoms with Crippen molar-refractivity contribution < 1.29 is 19.0 Å². The van der Waals surface area contributed by atoms with Crippen LogP contribution in [0.1, 0.15) is 37.0 Å². The lowest BCUT2D eigenvalue weighted by Crippen LogP contribution is -2.32. The molecule has 0 saturated heterocycles. The maximum Gasteiger partial charge on any atom is 0.335 e. The molecule has 0 bridgehead atoms. The molecule has 1 aliphatic heterocycles. The number of carbonyl (C=O) groups excluding carboxylic acids is 1. The molecule has 0 N–H and O–H groups in total. The van der Waals surface area contributed by atoms with E-state index < -0.39 is 6.10 Å². The lowest BCUT2D eigenvalue weighted by molar-refractivity contribution is -0.156. The van der Waals surface area contributed by atoms with Crippen LogP contribution < -0.4 is 4.74 Å². The first-order valence-corrected chi connectivity index (χ1v) is 11.5. The van der Waals surface area contributed by atoms with Crippen LogP contribution in [-0.4, -0.2) is 56.4 Å². The van der Waals surface area contributed by atoms with Crippen molar-refractivity contribution in [1.82, 2.24) is 4.90 Å². The summed E-state index contributed by atoms with van der Waals surface area (Å²) >= 11 is 0. The monoisotopic (exact) mass is 448 g/mol. The van der Waals surface area contributed by atoms with Gasteiger partial charge in [0.15, 0.2) is 6.10 Å². The minimum absolute atomic E-state index is 0.323. The molecule has 3 rings (SSSR count). The molecule has 1 unspecified atom stereocenters. The topological polar surface area (TPSA) is 71.8 Å². The average molecular weight is 449 g/mol. The number of hydrogen-bond donors (Lipinski definition) is 0. The summed E-state index contributed by atoms with van der Waals surface area (Å²) in [6.45, 7) is 7.77. The Morgan fingerprint density at radius 3 is 2.64 bits per heavy atom. The fourth-order valence-corrected chi connectivity index (χ4v) is 3.84. The van der Waals surface area contributed by atoms with Crippen LogP contribution >= 0.6 is 0 Å². The number of rotatable bonds is 11. The van der Waals surface area contributed by atoms with Crippen LogP contribution in [0.3, 0.4) is 0 Å². The van der Waals surface area contributed by atoms with Gasteiger partial charge in [-0.15, -0.1) is 0 Å². The number of benzene rings is 2. The third-order valence-corrected chi connectivity index (χ3v) is 5.59. The van der Waals surface area contributed by atoms with Crippen LogP contribution in [-0.2, 0) is 20.7 Å². The molecule has 1 heterocycles. The Labute approximate surface area is 196 Å². The summed E-state index contributed by atoms with van der Waals surface area (Å²) in [5.74, 6) is 0.487. The zero-order valence-corrected chi connectivity index (χ0v) is 19.5. The number of hydrogen-bond acceptors (Lipinski definition) is 6. The molecule has 2 aromatic rings. The normalized spacial score (nSPS) is 14.8. The molecule has 0 fully saturated rings. The summed E-state index contributed by atoms with van der Waals surface area (Å²) in [5, 5.41) is 9.09. The molecule has 0 amide bonds. The molecular formula is C27H32N2O4. The van der Waals surface area contributed by atoms with Gasteiger partial charge in [0.05, 0.1) is 18.2 Å². The zero-order valence-electron chi connectivity index (χ0n) is 19.5. The maximum absolute atomic E-state index is 12.0. The maximum atomic E-state index is 12.0. The Kier molecular flexibility index (Phi) is 9.49. The van der Waals surface area contributed by atoms with E-state index in [4.69, 9.17) is 19.5 Å². The van der Waals surface area contributed by atoms with Gasteiger partial charge < -0.3 is 14.2 Å². The Morgan fingerprint density at radius 2 is 1.97 bits per heavy atom. The first kappa shape index (κ1) is 24.5. The van der Waals surface area contributed by atoms with Crippen molar-refractivity contribution in [3.05, 3.63) is 71.3 Å². The third-order valence-electron chi connectivity index (χ3n) is 5.59. The van der Waals surface area contributed by atoms with E-state index in [1.165, 1.54) is 5.57 Å². The average Bonchev–Trinajstić information content (AvgIpc) is 2.85. The Morgan fingerprint density at radius 1 is 1.15 bits per heavy atom. The molecule has 174 valence electrons. The molecule has 2 aromatic carbocycles. The second kappa shape index (κ2) is 12.8. The highest BCUT2D eigenvalue weighted by Crippen LogP contribution is 2.23. The van der Waals surface area contributed by atoms with Crippen molar-refractivity contribution in [1.29, 1.82) is 5.26 Å². The zero-order chi connectivity index (χ0) is 23.5. The van der Waals surface area contributed by atoms with E-state index in [9.17, 15) is 4.79 Å². The minimum Gasteiger partial charge on any atom is -0.492 e. The van der Waals surface area contributed by atoms with Gasteiger partial charge in [0.2, 0.25) is 0 Å². The lowest BCUT2D eigenvalue weighted by atomic mass is 9.98. The standard InChI is InChI=1S/C27H32N2O4/c1-3-31-26(27(30)32-4-2)19-21-8-10-25(11-9-21)33-17-16-29-14-12-23(13-15-29)24-7-5-6-22(18-24)20-28/h5-12,18,26H,3-4,13-17,19H2,1-2H3. The van der Waals surface area contributed by atoms with E-state index in [-0.39, 0.29) is 5.97 Å². The molecule has 6 heteroatoms. The van der Waals surface area contributed by atoms with E-state index in [1.54, 1.807) is 6.92 Å². The van der Waals surface area contributed by atoms with Gasteiger partial charge in [0.25, 0.3) is 0 Å². The molecule has 1 atom stereocenters. The number of ether oxygens (including phenoxy) is 3. The van der Waals surface area contributed by atoms with Crippen molar-refractivity contribution in [2.24, 2.45) is 0 Å². The Balaban J connectivity index is 1.44. The summed E-state index contributed by atoms with van der Waals surface area (Å²) in [6.07, 6.45) is 3.10. The molecule has 0 radical (unpaired) electrons. The largest absolute Gasteiger partial charge is 0.492 e. The fourth-order valence-electron chi connectivity index (χ4n) is 3.84. The SMILES string of the molecule is CCOC(=O)C(Cc1ccc(OCCN2CC=C(c3cccc(C#N)c3)CC2)cc1)OCC. The predicted molar refractivity (Wildman–Crippen MR) is 128 cm³/mol. The van der Waals surface area contributed by atoms with Gasteiger partial charge >= 0.3 is 5.97 Å². The highest BCUT2D eigenvalue weighted by Gasteiger charge is 2.20.